The van der Waals surface area contributed by atoms with Crippen LogP contribution >= 0.6 is 11.3 Å². The van der Waals surface area contributed by atoms with Crippen LogP contribution in [-0.2, 0) is 11.3 Å². The molecule has 0 bridgehead atoms. The average Bonchev–Trinajstić information content (AvgIpc) is 2.81. The zero-order valence-electron chi connectivity index (χ0n) is 10.3. The third kappa shape index (κ3) is 3.07. The minimum atomic E-state index is -0.330. The molecule has 1 aromatic heterocycles. The number of hydrogen-bond donors (Lipinski definition) is 1. The first kappa shape index (κ1) is 12.6. The lowest BCUT2D eigenvalue weighted by Crippen LogP contribution is -2.03. The summed E-state index contributed by atoms with van der Waals surface area (Å²) in [6.45, 7) is 2.63. The van der Waals surface area contributed by atoms with Gasteiger partial charge in [0.2, 0.25) is 0 Å². The molecule has 5 heteroatoms. The number of nitrogens with zero attached hydrogens (tertiary/aromatic N) is 1. The van der Waals surface area contributed by atoms with E-state index in [1.165, 1.54) is 7.11 Å². The van der Waals surface area contributed by atoms with Crippen LogP contribution in [-0.4, -0.2) is 18.1 Å². The van der Waals surface area contributed by atoms with Gasteiger partial charge in [-0.3, -0.25) is 0 Å². The Morgan fingerprint density at radius 2 is 2.33 bits per heavy atom. The first-order valence-corrected chi connectivity index (χ1v) is 6.40. The van der Waals surface area contributed by atoms with Crippen molar-refractivity contribution in [2.24, 2.45) is 0 Å². The molecule has 1 aromatic carbocycles. The van der Waals surface area contributed by atoms with Crippen molar-refractivity contribution >= 4 is 23.0 Å². The van der Waals surface area contributed by atoms with E-state index in [1.54, 1.807) is 23.5 Å². The average molecular weight is 262 g/mol. The summed E-state index contributed by atoms with van der Waals surface area (Å²) in [6.07, 6.45) is 0. The fraction of sp³-hybridized carbons (Fsp3) is 0.231. The molecule has 18 heavy (non-hydrogen) atoms. The first-order valence-electron chi connectivity index (χ1n) is 5.52. The molecule has 0 saturated carbocycles. The van der Waals surface area contributed by atoms with Crippen molar-refractivity contribution in [2.45, 2.75) is 13.5 Å². The number of ether oxygens (including phenoxy) is 1. The summed E-state index contributed by atoms with van der Waals surface area (Å²) in [5.41, 5.74) is 2.45. The topological polar surface area (TPSA) is 51.2 Å². The van der Waals surface area contributed by atoms with Gasteiger partial charge in [-0.15, -0.1) is 11.3 Å². The van der Waals surface area contributed by atoms with Crippen molar-refractivity contribution in [3.8, 4) is 0 Å². The molecule has 0 amide bonds. The second-order valence-electron chi connectivity index (χ2n) is 3.81. The maximum atomic E-state index is 11.4. The Bertz CT molecular complexity index is 551. The molecule has 0 aliphatic carbocycles. The SMILES string of the molecule is COC(=O)c1cccc(NCc2nc(C)cs2)c1. The molecule has 0 aliphatic rings. The van der Waals surface area contributed by atoms with Crippen LogP contribution in [0, 0.1) is 6.92 Å². The molecule has 0 unspecified atom stereocenters. The van der Waals surface area contributed by atoms with E-state index in [0.29, 0.717) is 12.1 Å². The first-order chi connectivity index (χ1) is 8.69. The van der Waals surface area contributed by atoms with Crippen molar-refractivity contribution < 1.29 is 9.53 Å². The predicted octanol–water partition coefficient (Wildman–Crippen LogP) is 2.85. The second-order valence-corrected chi connectivity index (χ2v) is 4.75. The molecule has 1 N–H and O–H groups in total. The number of nitrogens with one attached hydrogen (secondary N) is 1. The van der Waals surface area contributed by atoms with E-state index in [2.05, 4.69) is 15.0 Å². The van der Waals surface area contributed by atoms with Crippen LogP contribution in [0.1, 0.15) is 21.1 Å². The highest BCUT2D eigenvalue weighted by Crippen LogP contribution is 2.14. The van der Waals surface area contributed by atoms with Gasteiger partial charge in [-0.1, -0.05) is 6.07 Å². The Hall–Kier alpha value is -1.88. The number of carbonyl (C=O) groups excluding carboxylic acids is 1. The number of hydrogen-bond acceptors (Lipinski definition) is 5. The summed E-state index contributed by atoms with van der Waals surface area (Å²) >= 11 is 1.62. The lowest BCUT2D eigenvalue weighted by atomic mass is 10.2. The lowest BCUT2D eigenvalue weighted by molar-refractivity contribution is 0.0601. The van der Waals surface area contributed by atoms with Gasteiger partial charge in [-0.25, -0.2) is 9.78 Å². The van der Waals surface area contributed by atoms with Gasteiger partial charge >= 0.3 is 5.97 Å². The van der Waals surface area contributed by atoms with Crippen molar-refractivity contribution in [1.29, 1.82) is 0 Å². The van der Waals surface area contributed by atoms with Crippen molar-refractivity contribution in [3.05, 3.63) is 45.9 Å². The van der Waals surface area contributed by atoms with Crippen LogP contribution in [0.4, 0.5) is 5.69 Å². The van der Waals surface area contributed by atoms with E-state index in [4.69, 9.17) is 0 Å². The highest BCUT2D eigenvalue weighted by atomic mass is 32.1. The summed E-state index contributed by atoms with van der Waals surface area (Å²) in [5, 5.41) is 6.27. The number of methoxy groups -OCH3 is 1. The van der Waals surface area contributed by atoms with Crippen molar-refractivity contribution in [1.82, 2.24) is 4.98 Å². The minimum Gasteiger partial charge on any atom is -0.465 e. The highest BCUT2D eigenvalue weighted by Gasteiger charge is 2.05. The Morgan fingerprint density at radius 1 is 1.50 bits per heavy atom. The van der Waals surface area contributed by atoms with E-state index < -0.39 is 0 Å². The lowest BCUT2D eigenvalue weighted by Gasteiger charge is -2.06. The Balaban J connectivity index is 2.03. The molecule has 1 heterocycles. The third-order valence-corrected chi connectivity index (χ3v) is 3.36. The second kappa shape index (κ2) is 5.64. The summed E-state index contributed by atoms with van der Waals surface area (Å²) in [4.78, 5) is 15.7. The van der Waals surface area contributed by atoms with E-state index in [0.717, 1.165) is 16.4 Å². The van der Waals surface area contributed by atoms with E-state index in [9.17, 15) is 4.79 Å². The van der Waals surface area contributed by atoms with Crippen molar-refractivity contribution in [3.63, 3.8) is 0 Å². The largest absolute Gasteiger partial charge is 0.465 e. The number of aryl methyl sites for hydroxylation is 1. The van der Waals surface area contributed by atoms with Crippen LogP contribution < -0.4 is 5.32 Å². The number of benzene rings is 1. The Kier molecular flexibility index (Phi) is 3.94. The van der Waals surface area contributed by atoms with Gasteiger partial charge in [0.15, 0.2) is 0 Å². The molecule has 0 radical (unpaired) electrons. The van der Waals surface area contributed by atoms with Crippen LogP contribution in [0.2, 0.25) is 0 Å². The third-order valence-electron chi connectivity index (χ3n) is 2.39. The Labute approximate surface area is 110 Å². The number of aromatic nitrogens is 1. The van der Waals surface area contributed by atoms with Crippen LogP contribution in [0.25, 0.3) is 0 Å². The molecule has 0 saturated heterocycles. The van der Waals surface area contributed by atoms with E-state index in [1.807, 2.05) is 24.4 Å². The van der Waals surface area contributed by atoms with Crippen LogP contribution in [0.15, 0.2) is 29.6 Å². The number of esters is 1. The summed E-state index contributed by atoms with van der Waals surface area (Å²) in [7, 11) is 1.38. The zero-order valence-corrected chi connectivity index (χ0v) is 11.1. The molecule has 4 nitrogen and oxygen atoms in total. The molecule has 0 aliphatic heterocycles. The maximum Gasteiger partial charge on any atom is 0.337 e. The van der Waals surface area contributed by atoms with Crippen LogP contribution in [0.3, 0.4) is 0 Å². The smallest absolute Gasteiger partial charge is 0.337 e. The van der Waals surface area contributed by atoms with Gasteiger partial charge in [-0.05, 0) is 25.1 Å². The number of thiazole rings is 1. The normalized spacial score (nSPS) is 10.1. The monoisotopic (exact) mass is 262 g/mol. The van der Waals surface area contributed by atoms with E-state index >= 15 is 0 Å². The molecular formula is C13H14N2O2S. The van der Waals surface area contributed by atoms with Gasteiger partial charge < -0.3 is 10.1 Å². The van der Waals surface area contributed by atoms with Crippen molar-refractivity contribution in [2.75, 3.05) is 12.4 Å². The molecule has 94 valence electrons. The summed E-state index contributed by atoms with van der Waals surface area (Å²) < 4.78 is 4.68. The fourth-order valence-corrected chi connectivity index (χ4v) is 2.25. The van der Waals surface area contributed by atoms with Gasteiger partial charge in [0, 0.05) is 16.8 Å². The molecule has 0 atom stereocenters. The van der Waals surface area contributed by atoms with Gasteiger partial charge in [0.05, 0.1) is 19.2 Å². The van der Waals surface area contributed by atoms with Crippen LogP contribution in [0.5, 0.6) is 0 Å². The van der Waals surface area contributed by atoms with Gasteiger partial charge in [0.1, 0.15) is 5.01 Å². The van der Waals surface area contributed by atoms with E-state index in [-0.39, 0.29) is 5.97 Å². The molecule has 2 aromatic rings. The summed E-state index contributed by atoms with van der Waals surface area (Å²) in [5.74, 6) is -0.330. The number of carbonyl (C=O) groups is 1. The fourth-order valence-electron chi connectivity index (χ4n) is 1.54. The van der Waals surface area contributed by atoms with Gasteiger partial charge in [-0.2, -0.15) is 0 Å². The standard InChI is InChI=1S/C13H14N2O2S/c1-9-8-18-12(15-9)7-14-11-5-3-4-10(6-11)13(16)17-2/h3-6,8,14H,7H2,1-2H3. The predicted molar refractivity (Wildman–Crippen MR) is 72.0 cm³/mol. The molecular weight excluding hydrogens is 248 g/mol. The molecule has 0 spiro atoms. The Morgan fingerprint density at radius 3 is 3.00 bits per heavy atom. The molecule has 2 rings (SSSR count). The highest BCUT2D eigenvalue weighted by molar-refractivity contribution is 7.09. The zero-order chi connectivity index (χ0) is 13.0. The minimum absolute atomic E-state index is 0.330. The quantitative estimate of drug-likeness (QED) is 0.861. The van der Waals surface area contributed by atoms with Gasteiger partial charge in [0.25, 0.3) is 0 Å². The number of rotatable bonds is 4. The number of anilines is 1. The summed E-state index contributed by atoms with van der Waals surface area (Å²) in [6, 6.07) is 7.23. The maximum absolute atomic E-state index is 11.4. The molecule has 0 fully saturated rings.